The van der Waals surface area contributed by atoms with Crippen LogP contribution in [0.15, 0.2) is 6.07 Å². The molecule has 0 heterocycles. The van der Waals surface area contributed by atoms with Crippen molar-refractivity contribution >= 4 is 51.6 Å². The Hall–Kier alpha value is -2.14. The van der Waals surface area contributed by atoms with Crippen LogP contribution < -0.4 is 5.73 Å². The Balaban J connectivity index is 1.85. The van der Waals surface area contributed by atoms with Gasteiger partial charge in [-0.3, -0.25) is 24.0 Å². The highest BCUT2D eigenvalue weighted by molar-refractivity contribution is 14.1. The van der Waals surface area contributed by atoms with Crippen LogP contribution in [0, 0.1) is 27.2 Å². The number of primary amides is 1. The molecule has 3 aliphatic carbocycles. The topological polar surface area (TPSA) is 152 Å². The largest absolute Gasteiger partial charge is 0.507 e. The highest BCUT2D eigenvalue weighted by atomic mass is 127. The molecule has 2 saturated carbocycles. The van der Waals surface area contributed by atoms with Crippen LogP contribution in [0.5, 0.6) is 5.75 Å². The second-order valence-corrected chi connectivity index (χ2v) is 11.3. The van der Waals surface area contributed by atoms with Crippen molar-refractivity contribution in [1.82, 2.24) is 0 Å². The molecule has 0 radical (unpaired) electrons. The average molecular weight is 553 g/mol. The number of benzene rings is 1. The molecule has 0 spiro atoms. The number of ketones is 4. The molecule has 3 aliphatic rings. The minimum atomic E-state index is -2.62. The summed E-state index contributed by atoms with van der Waals surface area (Å²) in [6.45, 7) is 5.67. The van der Waals surface area contributed by atoms with Gasteiger partial charge in [0.15, 0.2) is 34.7 Å². The van der Waals surface area contributed by atoms with Crippen LogP contribution in [-0.4, -0.2) is 44.9 Å². The van der Waals surface area contributed by atoms with Crippen molar-refractivity contribution in [2.75, 3.05) is 0 Å². The summed E-state index contributed by atoms with van der Waals surface area (Å²) in [6, 6.07) is 1.83. The molecule has 0 aromatic heterocycles. The smallest absolute Gasteiger partial charge is 0.235 e. The lowest BCUT2D eigenvalue weighted by molar-refractivity contribution is -0.175. The van der Waals surface area contributed by atoms with Crippen molar-refractivity contribution in [3.8, 4) is 5.75 Å². The molecule has 5 atom stereocenters. The SMILES string of the molecule is CC(C)(C)c1cc(I)c2c(c1O)C(=O)C1C(=O)[C@]3(O)C(=O)C(C(N)=O)C(=O)C[C@@H]3C[C@@H]1C2. The summed E-state index contributed by atoms with van der Waals surface area (Å²) in [7, 11) is 0. The number of aliphatic hydroxyl groups is 1. The Bertz CT molecular complexity index is 1120. The molecule has 2 fully saturated rings. The van der Waals surface area contributed by atoms with Gasteiger partial charge in [-0.05, 0) is 58.4 Å². The first kappa shape index (κ1) is 23.0. The van der Waals surface area contributed by atoms with Gasteiger partial charge in [0.25, 0.3) is 0 Å². The van der Waals surface area contributed by atoms with Crippen LogP contribution in [0.3, 0.4) is 0 Å². The van der Waals surface area contributed by atoms with Crippen molar-refractivity contribution < 1.29 is 34.2 Å². The molecule has 8 nitrogen and oxygen atoms in total. The Morgan fingerprint density at radius 1 is 1.16 bits per heavy atom. The third kappa shape index (κ3) is 3.00. The highest BCUT2D eigenvalue weighted by Crippen LogP contribution is 2.51. The van der Waals surface area contributed by atoms with Crippen molar-refractivity contribution in [3.63, 3.8) is 0 Å². The fourth-order valence-electron chi connectivity index (χ4n) is 5.56. The molecule has 1 amide bonds. The van der Waals surface area contributed by atoms with Gasteiger partial charge in [-0.25, -0.2) is 0 Å². The molecule has 32 heavy (non-hydrogen) atoms. The van der Waals surface area contributed by atoms with Crippen molar-refractivity contribution in [2.45, 2.75) is 51.0 Å². The molecule has 9 heteroatoms. The van der Waals surface area contributed by atoms with Crippen molar-refractivity contribution in [2.24, 2.45) is 29.4 Å². The molecule has 0 saturated heterocycles. The maximum absolute atomic E-state index is 13.6. The summed E-state index contributed by atoms with van der Waals surface area (Å²) < 4.78 is 0.782. The van der Waals surface area contributed by atoms with Gasteiger partial charge in [0.1, 0.15) is 5.75 Å². The monoisotopic (exact) mass is 553 g/mol. The molecule has 1 aromatic rings. The van der Waals surface area contributed by atoms with Crippen molar-refractivity contribution in [3.05, 3.63) is 26.3 Å². The molecule has 4 rings (SSSR count). The predicted molar refractivity (Wildman–Crippen MR) is 120 cm³/mol. The van der Waals surface area contributed by atoms with E-state index in [2.05, 4.69) is 22.6 Å². The summed E-state index contributed by atoms with van der Waals surface area (Å²) in [4.78, 5) is 64.0. The lowest BCUT2D eigenvalue weighted by Gasteiger charge is -2.48. The van der Waals surface area contributed by atoms with Gasteiger partial charge < -0.3 is 15.9 Å². The number of fused-ring (bicyclic) bond motifs is 3. The van der Waals surface area contributed by atoms with Gasteiger partial charge in [0, 0.05) is 21.5 Å². The normalized spacial score (nSPS) is 32.3. The van der Waals surface area contributed by atoms with E-state index in [1.54, 1.807) is 0 Å². The number of aromatic hydroxyl groups is 1. The standard InChI is InChI=1S/C23H24INO7/c1-22(2,3)11-7-12(24)10-5-8-4-9-6-13(26)16(21(25)31)20(30)23(9,32)19(29)14(8)18(28)15(10)17(11)27/h7-9,14,16,27,32H,4-6H2,1-3H3,(H2,25,31)/t8-,9+,14?,16?,23+/m1/s1. The number of nitrogens with two attached hydrogens (primary N) is 1. The van der Waals surface area contributed by atoms with Gasteiger partial charge in [0.2, 0.25) is 5.91 Å². The summed E-state index contributed by atoms with van der Waals surface area (Å²) in [5.74, 6) is -9.79. The zero-order valence-corrected chi connectivity index (χ0v) is 20.1. The number of rotatable bonds is 1. The summed E-state index contributed by atoms with van der Waals surface area (Å²) in [5.41, 5.74) is 3.33. The van der Waals surface area contributed by atoms with E-state index >= 15 is 0 Å². The summed E-state index contributed by atoms with van der Waals surface area (Å²) in [5, 5.41) is 22.2. The van der Waals surface area contributed by atoms with Gasteiger partial charge in [-0.2, -0.15) is 0 Å². The minimum absolute atomic E-state index is 0.0456. The van der Waals surface area contributed by atoms with Crippen LogP contribution >= 0.6 is 22.6 Å². The Labute approximate surface area is 198 Å². The Morgan fingerprint density at radius 2 is 1.78 bits per heavy atom. The first-order valence-electron chi connectivity index (χ1n) is 10.4. The molecular formula is C23H24INO7. The average Bonchev–Trinajstić information content (AvgIpc) is 2.66. The van der Waals surface area contributed by atoms with Crippen LogP contribution in [0.25, 0.3) is 0 Å². The van der Waals surface area contributed by atoms with Crippen LogP contribution in [0.4, 0.5) is 0 Å². The summed E-state index contributed by atoms with van der Waals surface area (Å²) in [6.07, 6.45) is 0.0536. The van der Waals surface area contributed by atoms with Crippen LogP contribution in [0.2, 0.25) is 0 Å². The van der Waals surface area contributed by atoms with E-state index in [4.69, 9.17) is 5.73 Å². The fourth-order valence-corrected chi connectivity index (χ4v) is 6.36. The Kier molecular flexibility index (Phi) is 5.17. The molecule has 1 aromatic carbocycles. The van der Waals surface area contributed by atoms with Gasteiger partial charge in [-0.15, -0.1) is 0 Å². The van der Waals surface area contributed by atoms with Crippen molar-refractivity contribution in [1.29, 1.82) is 0 Å². The van der Waals surface area contributed by atoms with E-state index in [9.17, 15) is 34.2 Å². The Morgan fingerprint density at radius 3 is 2.34 bits per heavy atom. The first-order chi connectivity index (χ1) is 14.7. The number of phenols is 1. The van der Waals surface area contributed by atoms with Gasteiger partial charge >= 0.3 is 0 Å². The third-order valence-corrected chi connectivity index (χ3v) is 8.12. The molecule has 170 valence electrons. The van der Waals surface area contributed by atoms with Crippen LogP contribution in [0.1, 0.15) is 55.1 Å². The third-order valence-electron chi connectivity index (χ3n) is 7.16. The molecule has 0 aliphatic heterocycles. The zero-order valence-electron chi connectivity index (χ0n) is 17.9. The van der Waals surface area contributed by atoms with E-state index < -0.39 is 63.7 Å². The molecule has 0 bridgehead atoms. The molecule has 2 unspecified atom stereocenters. The number of hydrogen-bond donors (Lipinski definition) is 3. The minimum Gasteiger partial charge on any atom is -0.507 e. The number of halogens is 1. The second-order valence-electron chi connectivity index (χ2n) is 10.1. The number of carbonyl (C=O) groups excluding carboxylic acids is 5. The van der Waals surface area contributed by atoms with E-state index in [0.717, 1.165) is 3.57 Å². The summed E-state index contributed by atoms with van der Waals surface area (Å²) >= 11 is 2.10. The molecular weight excluding hydrogens is 529 g/mol. The maximum atomic E-state index is 13.6. The van der Waals surface area contributed by atoms with Gasteiger partial charge in [0.05, 0.1) is 11.5 Å². The number of hydrogen-bond acceptors (Lipinski definition) is 7. The lowest BCUT2D eigenvalue weighted by atomic mass is 9.53. The van der Waals surface area contributed by atoms with E-state index in [1.165, 1.54) is 0 Å². The number of carbonyl (C=O) groups is 5. The lowest BCUT2D eigenvalue weighted by Crippen LogP contribution is -2.68. The zero-order chi connectivity index (χ0) is 23.9. The first-order valence-corrected chi connectivity index (χ1v) is 11.5. The number of Topliss-reactive ketones (excluding diaryl/α,β-unsaturated/α-hetero) is 4. The second kappa shape index (κ2) is 7.18. The number of amides is 1. The quantitative estimate of drug-likeness (QED) is 0.350. The van der Waals surface area contributed by atoms with Crippen LogP contribution in [-0.2, 0) is 31.0 Å². The van der Waals surface area contributed by atoms with E-state index in [0.29, 0.717) is 17.5 Å². The van der Waals surface area contributed by atoms with Gasteiger partial charge in [-0.1, -0.05) is 20.8 Å². The number of phenolic OH excluding ortho intramolecular Hbond substituents is 1. The van der Waals surface area contributed by atoms with E-state index in [1.807, 2.05) is 26.8 Å². The van der Waals surface area contributed by atoms with E-state index in [-0.39, 0.29) is 24.2 Å². The predicted octanol–water partition coefficient (Wildman–Crippen LogP) is 1.23. The molecule has 4 N–H and O–H groups in total. The fraction of sp³-hybridized carbons (Fsp3) is 0.522. The maximum Gasteiger partial charge on any atom is 0.235 e. The highest BCUT2D eigenvalue weighted by Gasteiger charge is 2.66.